The molecule has 0 aromatic carbocycles. The number of allylic oxidation sites excluding steroid dienone is 5. The molecule has 0 aliphatic rings. The van der Waals surface area contributed by atoms with E-state index in [2.05, 4.69) is 13.0 Å². The van der Waals surface area contributed by atoms with Crippen LogP contribution in [0.2, 0.25) is 0 Å². The fraction of sp³-hybridized carbons (Fsp3) is 0.650. The lowest BCUT2D eigenvalue weighted by atomic mass is 10.1. The van der Waals surface area contributed by atoms with Gasteiger partial charge in [-0.1, -0.05) is 50.5 Å². The molecule has 0 aromatic rings. The average Bonchev–Trinajstić information content (AvgIpc) is 2.60. The van der Waals surface area contributed by atoms with Crippen molar-refractivity contribution in [2.24, 2.45) is 0 Å². The normalized spacial score (nSPS) is 12.3. The van der Waals surface area contributed by atoms with Gasteiger partial charge < -0.3 is 9.84 Å². The molecule has 26 heavy (non-hydrogen) atoms. The molecule has 0 aromatic heterocycles. The molecule has 0 aliphatic carbocycles. The van der Waals surface area contributed by atoms with Gasteiger partial charge in [0.2, 0.25) is 5.70 Å². The molecule has 0 amide bonds. The summed E-state index contributed by atoms with van der Waals surface area (Å²) in [7, 11) is 0. The van der Waals surface area contributed by atoms with Crippen LogP contribution in [0.3, 0.4) is 0 Å². The lowest BCUT2D eigenvalue weighted by molar-refractivity contribution is -0.427. The number of unbranched alkanes of at least 4 members (excludes halogenated alkanes) is 6. The Morgan fingerprint density at radius 1 is 1.04 bits per heavy atom. The summed E-state index contributed by atoms with van der Waals surface area (Å²) in [5, 5.41) is 19.5. The molecule has 0 atom stereocenters. The fourth-order valence-electron chi connectivity index (χ4n) is 2.29. The van der Waals surface area contributed by atoms with Crippen molar-refractivity contribution in [1.29, 1.82) is 0 Å². The van der Waals surface area contributed by atoms with Gasteiger partial charge in [-0.3, -0.25) is 10.1 Å². The Balaban J connectivity index is 3.84. The molecule has 0 bridgehead atoms. The quantitative estimate of drug-likeness (QED) is 0.163. The topological polar surface area (TPSA) is 89.7 Å². The summed E-state index contributed by atoms with van der Waals surface area (Å²) in [5.41, 5.74) is 0.238. The van der Waals surface area contributed by atoms with Gasteiger partial charge in [-0.05, 0) is 44.6 Å². The summed E-state index contributed by atoms with van der Waals surface area (Å²) in [4.78, 5) is 21.0. The third-order valence-corrected chi connectivity index (χ3v) is 3.74. The number of nitrogens with zero attached hydrogens (tertiary/aromatic N) is 1. The second kappa shape index (κ2) is 17.9. The van der Waals surface area contributed by atoms with E-state index in [1.165, 1.54) is 19.3 Å². The molecule has 6 heteroatoms. The van der Waals surface area contributed by atoms with Crippen LogP contribution < -0.4 is 0 Å². The number of ether oxygens (including phenoxy) is 1. The summed E-state index contributed by atoms with van der Waals surface area (Å²) in [5.74, 6) is -0.949. The molecule has 148 valence electrons. The van der Waals surface area contributed by atoms with Gasteiger partial charge >= 0.3 is 5.97 Å². The Morgan fingerprint density at radius 2 is 1.73 bits per heavy atom. The van der Waals surface area contributed by atoms with Gasteiger partial charge in [0.15, 0.2) is 0 Å². The third-order valence-electron chi connectivity index (χ3n) is 3.74. The first kappa shape index (κ1) is 24.1. The standard InChI is InChI=1S/C20H33NO5/c1-2-3-4-5-6-9-12-15-19(21(24)25)16-13-10-7-8-11-14-17-26-18-20(22)23/h6,9-10,13,15H,2-5,7-8,11-12,14,16-18H2,1H3,(H,22,23)/b9-6+,13-10+,19-15-. The van der Waals surface area contributed by atoms with Crippen LogP contribution in [0.25, 0.3) is 0 Å². The Kier molecular flexibility index (Phi) is 16.5. The van der Waals surface area contributed by atoms with Crippen molar-refractivity contribution in [3.8, 4) is 0 Å². The van der Waals surface area contributed by atoms with E-state index in [0.717, 1.165) is 32.1 Å². The van der Waals surface area contributed by atoms with Gasteiger partial charge in [-0.2, -0.15) is 0 Å². The second-order valence-electron chi connectivity index (χ2n) is 6.13. The molecule has 6 nitrogen and oxygen atoms in total. The van der Waals surface area contributed by atoms with E-state index in [4.69, 9.17) is 9.84 Å². The highest BCUT2D eigenvalue weighted by molar-refractivity contribution is 5.67. The first-order valence-corrected chi connectivity index (χ1v) is 9.50. The van der Waals surface area contributed by atoms with Crippen LogP contribution in [0, 0.1) is 10.1 Å². The molecule has 0 rings (SSSR count). The van der Waals surface area contributed by atoms with Crippen molar-refractivity contribution in [1.82, 2.24) is 0 Å². The Bertz CT molecular complexity index is 469. The van der Waals surface area contributed by atoms with Crippen LogP contribution in [-0.2, 0) is 9.53 Å². The van der Waals surface area contributed by atoms with E-state index in [9.17, 15) is 14.9 Å². The SMILES string of the molecule is CCCCC/C=C/C/C=C(/C/C=C/CCCCCOCC(=O)O)[N+](=O)[O-]. The number of carbonyl (C=O) groups is 1. The summed E-state index contributed by atoms with van der Waals surface area (Å²) in [6.45, 7) is 2.38. The van der Waals surface area contributed by atoms with Crippen molar-refractivity contribution < 1.29 is 19.6 Å². The molecule has 0 heterocycles. The Morgan fingerprint density at radius 3 is 2.38 bits per heavy atom. The number of rotatable bonds is 17. The summed E-state index contributed by atoms with van der Waals surface area (Å²) >= 11 is 0. The molecular weight excluding hydrogens is 334 g/mol. The summed E-state index contributed by atoms with van der Waals surface area (Å²) in [6, 6.07) is 0. The number of hydrogen-bond acceptors (Lipinski definition) is 4. The zero-order chi connectivity index (χ0) is 19.5. The van der Waals surface area contributed by atoms with Gasteiger partial charge in [-0.25, -0.2) is 4.79 Å². The van der Waals surface area contributed by atoms with Crippen LogP contribution in [0.1, 0.15) is 71.1 Å². The predicted octanol–water partition coefficient (Wildman–Crippen LogP) is 5.28. The summed E-state index contributed by atoms with van der Waals surface area (Å²) in [6.07, 6.45) is 18.8. The molecule has 0 fully saturated rings. The minimum atomic E-state index is -0.949. The van der Waals surface area contributed by atoms with Crippen LogP contribution in [-0.4, -0.2) is 29.2 Å². The van der Waals surface area contributed by atoms with Crippen molar-refractivity contribution >= 4 is 5.97 Å². The highest BCUT2D eigenvalue weighted by Crippen LogP contribution is 2.08. The van der Waals surface area contributed by atoms with E-state index < -0.39 is 5.97 Å². The zero-order valence-electron chi connectivity index (χ0n) is 15.9. The van der Waals surface area contributed by atoms with Crippen molar-refractivity contribution in [3.63, 3.8) is 0 Å². The lowest BCUT2D eigenvalue weighted by Gasteiger charge is -2.00. The molecule has 0 unspecified atom stereocenters. The average molecular weight is 367 g/mol. The van der Waals surface area contributed by atoms with Gasteiger partial charge in [0.05, 0.1) is 11.3 Å². The van der Waals surface area contributed by atoms with E-state index in [-0.39, 0.29) is 17.2 Å². The van der Waals surface area contributed by atoms with E-state index in [0.29, 0.717) is 19.4 Å². The van der Waals surface area contributed by atoms with Gasteiger partial charge in [0.25, 0.3) is 0 Å². The van der Waals surface area contributed by atoms with E-state index >= 15 is 0 Å². The van der Waals surface area contributed by atoms with Crippen LogP contribution in [0.15, 0.2) is 36.1 Å². The van der Waals surface area contributed by atoms with Gasteiger partial charge in [0.1, 0.15) is 6.61 Å². The van der Waals surface area contributed by atoms with Crippen molar-refractivity contribution in [2.45, 2.75) is 71.1 Å². The maximum absolute atomic E-state index is 11.0. The molecule has 0 aliphatic heterocycles. The minimum absolute atomic E-state index is 0.238. The van der Waals surface area contributed by atoms with Crippen LogP contribution >= 0.6 is 0 Å². The van der Waals surface area contributed by atoms with Gasteiger partial charge in [-0.15, -0.1) is 0 Å². The second-order valence-corrected chi connectivity index (χ2v) is 6.13. The number of carboxylic acid groups (broad SMARTS) is 1. The first-order valence-electron chi connectivity index (χ1n) is 9.50. The first-order chi connectivity index (χ1) is 12.6. The molecule has 0 radical (unpaired) electrons. The number of hydrogen-bond donors (Lipinski definition) is 1. The maximum atomic E-state index is 11.0. The Hall–Kier alpha value is -1.95. The smallest absolute Gasteiger partial charge is 0.329 e. The zero-order valence-corrected chi connectivity index (χ0v) is 15.9. The Labute approximate surface area is 156 Å². The maximum Gasteiger partial charge on any atom is 0.329 e. The predicted molar refractivity (Wildman–Crippen MR) is 104 cm³/mol. The van der Waals surface area contributed by atoms with E-state index in [1.54, 1.807) is 6.08 Å². The number of carboxylic acids is 1. The van der Waals surface area contributed by atoms with Crippen molar-refractivity contribution in [2.75, 3.05) is 13.2 Å². The highest BCUT2D eigenvalue weighted by atomic mass is 16.6. The fourth-order valence-corrected chi connectivity index (χ4v) is 2.29. The molecule has 0 saturated heterocycles. The van der Waals surface area contributed by atoms with Crippen molar-refractivity contribution in [3.05, 3.63) is 46.2 Å². The van der Waals surface area contributed by atoms with Crippen LogP contribution in [0.5, 0.6) is 0 Å². The van der Waals surface area contributed by atoms with Crippen LogP contribution in [0.4, 0.5) is 0 Å². The summed E-state index contributed by atoms with van der Waals surface area (Å²) < 4.78 is 4.95. The monoisotopic (exact) mass is 367 g/mol. The molecular formula is C20H33NO5. The molecule has 0 saturated carbocycles. The minimum Gasteiger partial charge on any atom is -0.480 e. The highest BCUT2D eigenvalue weighted by Gasteiger charge is 2.06. The van der Waals surface area contributed by atoms with E-state index in [1.807, 2.05) is 18.2 Å². The molecule has 1 N–H and O–H groups in total. The lowest BCUT2D eigenvalue weighted by Crippen LogP contribution is -2.07. The third kappa shape index (κ3) is 16.9. The number of nitro groups is 1. The molecule has 0 spiro atoms. The largest absolute Gasteiger partial charge is 0.480 e. The van der Waals surface area contributed by atoms with Gasteiger partial charge in [0, 0.05) is 6.61 Å². The number of aliphatic carboxylic acids is 1.